The number of halogens is 4. The highest BCUT2D eigenvalue weighted by Gasteiger charge is 2.25. The molecule has 0 aromatic heterocycles. The summed E-state index contributed by atoms with van der Waals surface area (Å²) in [5, 5.41) is 1.92. The van der Waals surface area contributed by atoms with Gasteiger partial charge in [-0.25, -0.2) is 19.2 Å². The Morgan fingerprint density at radius 3 is 0.783 bits per heavy atom. The number of hydrogen-bond acceptors (Lipinski definition) is 12. The van der Waals surface area contributed by atoms with Crippen molar-refractivity contribution in [2.45, 2.75) is 0 Å². The largest absolute Gasteiger partial charge is 0.490 e. The van der Waals surface area contributed by atoms with Gasteiger partial charge in [-0.1, -0.05) is 94.9 Å². The minimum absolute atomic E-state index is 0.0474. The molecule has 16 heteroatoms. The number of rotatable bonds is 20. The van der Waals surface area contributed by atoms with Gasteiger partial charge < -0.3 is 37.9 Å². The highest BCUT2D eigenvalue weighted by Crippen LogP contribution is 2.20. The van der Waals surface area contributed by atoms with Gasteiger partial charge >= 0.3 is 23.9 Å². The molecule has 5 rings (SSSR count). The molecule has 0 fully saturated rings. The molecule has 5 aromatic rings. The predicted molar refractivity (Wildman–Crippen MR) is 224 cm³/mol. The van der Waals surface area contributed by atoms with Crippen LogP contribution in [0.1, 0.15) is 0 Å². The highest BCUT2D eigenvalue weighted by molar-refractivity contribution is 6.37. The third-order valence-corrected chi connectivity index (χ3v) is 8.74. The Morgan fingerprint density at radius 2 is 0.567 bits per heavy atom. The second kappa shape index (κ2) is 23.6. The first-order valence-corrected chi connectivity index (χ1v) is 19.6. The fourth-order valence-corrected chi connectivity index (χ4v) is 5.85. The topological polar surface area (TPSA) is 142 Å². The van der Waals surface area contributed by atoms with Crippen molar-refractivity contribution in [1.82, 2.24) is 0 Å². The highest BCUT2D eigenvalue weighted by atomic mass is 35.5. The Morgan fingerprint density at radius 1 is 0.333 bits per heavy atom. The lowest BCUT2D eigenvalue weighted by molar-refractivity contribution is -0.145. The molecule has 0 saturated heterocycles. The van der Waals surface area contributed by atoms with Gasteiger partial charge in [0.05, 0.1) is 0 Å². The number of ether oxygens (including phenoxy) is 8. The van der Waals surface area contributed by atoms with E-state index in [1.165, 1.54) is 24.3 Å². The standard InChI is InChI=1S/C44H36Cl4O12/c45-31-5-1-9-35(25-31)53-17-21-57-41(49)39(42(50)58-22-18-54-36-10-2-6-32(46)26-36)29-13-15-30(16-14-29)40(43(51)59-23-19-55-37-11-3-7-33(47)27-37)44(52)60-24-20-56-38-12-4-8-34(48)28-38/h1-16,25-28H,17-24H2. The second-order valence-electron chi connectivity index (χ2n) is 12.1. The quantitative estimate of drug-likeness (QED) is 0.0341. The first-order chi connectivity index (χ1) is 29.0. The summed E-state index contributed by atoms with van der Waals surface area (Å²) in [4.78, 5) is 53.8. The SMILES string of the molecule is O=C(OCCOc1cccc(Cl)c1)C(C(=O)OCCOc1cccc(Cl)c1)=c1ccc(=C(C(=O)OCCOc2cccc(Cl)c2)C(=O)OCCOc2cccc(Cl)c2)cc1. The molecule has 0 N–H and O–H groups in total. The number of esters is 4. The van der Waals surface area contributed by atoms with Gasteiger partial charge in [-0.2, -0.15) is 0 Å². The fraction of sp³-hybridized carbons (Fsp3) is 0.182. The van der Waals surface area contributed by atoms with Gasteiger partial charge in [0, 0.05) is 20.1 Å². The third-order valence-electron chi connectivity index (χ3n) is 7.80. The second-order valence-corrected chi connectivity index (χ2v) is 13.8. The predicted octanol–water partition coefficient (Wildman–Crippen LogP) is 7.09. The summed E-state index contributed by atoms with van der Waals surface area (Å²) in [6.07, 6.45) is 0. The number of hydrogen-bond donors (Lipinski definition) is 0. The van der Waals surface area contributed by atoms with E-state index in [0.29, 0.717) is 43.1 Å². The molecule has 5 aromatic carbocycles. The molecule has 0 spiro atoms. The molecule has 0 aliphatic rings. The Bertz CT molecular complexity index is 2080. The maximum absolute atomic E-state index is 13.4. The smallest absolute Gasteiger partial charge is 0.346 e. The van der Waals surface area contributed by atoms with E-state index in [0.717, 1.165) is 0 Å². The molecule has 60 heavy (non-hydrogen) atoms. The zero-order valence-electron chi connectivity index (χ0n) is 31.6. The van der Waals surface area contributed by atoms with Crippen molar-refractivity contribution in [3.63, 3.8) is 0 Å². The van der Waals surface area contributed by atoms with Crippen molar-refractivity contribution in [3.8, 4) is 23.0 Å². The molecule has 312 valence electrons. The van der Waals surface area contributed by atoms with Gasteiger partial charge in [0.1, 0.15) is 75.9 Å². The number of carbonyl (C=O) groups excluding carboxylic acids is 4. The first kappa shape index (κ1) is 45.2. The summed E-state index contributed by atoms with van der Waals surface area (Å²) in [5.41, 5.74) is -0.954. The molecule has 12 nitrogen and oxygen atoms in total. The Labute approximate surface area is 364 Å². The van der Waals surface area contributed by atoms with Crippen LogP contribution in [-0.4, -0.2) is 76.7 Å². The summed E-state index contributed by atoms with van der Waals surface area (Å²) in [7, 11) is 0. The van der Waals surface area contributed by atoms with Gasteiger partial charge in [-0.15, -0.1) is 0 Å². The fourth-order valence-electron chi connectivity index (χ4n) is 5.13. The van der Waals surface area contributed by atoms with Crippen molar-refractivity contribution >= 4 is 81.4 Å². The monoisotopic (exact) mass is 896 g/mol. The average molecular weight is 899 g/mol. The maximum Gasteiger partial charge on any atom is 0.346 e. The molecule has 0 heterocycles. The maximum atomic E-state index is 13.4. The Balaban J connectivity index is 1.35. The van der Waals surface area contributed by atoms with Crippen LogP contribution in [0.4, 0.5) is 0 Å². The minimum Gasteiger partial charge on any atom is -0.490 e. The van der Waals surface area contributed by atoms with E-state index in [2.05, 4.69) is 0 Å². The number of carbonyl (C=O) groups is 4. The third kappa shape index (κ3) is 14.7. The molecular weight excluding hydrogens is 862 g/mol. The molecular formula is C44H36Cl4O12. The van der Waals surface area contributed by atoms with E-state index in [1.54, 1.807) is 97.1 Å². The van der Waals surface area contributed by atoms with Crippen LogP contribution in [-0.2, 0) is 38.1 Å². The van der Waals surface area contributed by atoms with Gasteiger partial charge in [0.2, 0.25) is 0 Å². The van der Waals surface area contributed by atoms with Crippen LogP contribution in [0.25, 0.3) is 11.1 Å². The molecule has 0 atom stereocenters. The molecule has 0 unspecified atom stereocenters. The molecule has 0 radical (unpaired) electrons. The average Bonchev–Trinajstić information content (AvgIpc) is 3.22. The Hall–Kier alpha value is -5.92. The van der Waals surface area contributed by atoms with Gasteiger partial charge in [-0.3, -0.25) is 0 Å². The van der Waals surface area contributed by atoms with Crippen molar-refractivity contribution in [2.24, 2.45) is 0 Å². The van der Waals surface area contributed by atoms with E-state index in [-0.39, 0.29) is 63.3 Å². The summed E-state index contributed by atoms with van der Waals surface area (Å²) in [5.74, 6) is -2.32. The lowest BCUT2D eigenvalue weighted by atomic mass is 10.1. The number of benzene rings is 5. The van der Waals surface area contributed by atoms with E-state index in [1.807, 2.05) is 0 Å². The van der Waals surface area contributed by atoms with Crippen LogP contribution in [0.3, 0.4) is 0 Å². The first-order valence-electron chi connectivity index (χ1n) is 18.1. The van der Waals surface area contributed by atoms with Crippen molar-refractivity contribution in [1.29, 1.82) is 0 Å². The summed E-state index contributed by atoms with van der Waals surface area (Å²) >= 11 is 24.1. The van der Waals surface area contributed by atoms with Crippen LogP contribution >= 0.6 is 46.4 Å². The van der Waals surface area contributed by atoms with Crippen LogP contribution in [0, 0.1) is 0 Å². The Kier molecular flexibility index (Phi) is 17.8. The van der Waals surface area contributed by atoms with E-state index < -0.39 is 35.0 Å². The summed E-state index contributed by atoms with van der Waals surface area (Å²) < 4.78 is 43.9. The summed E-state index contributed by atoms with van der Waals surface area (Å²) in [6, 6.07) is 31.9. The van der Waals surface area contributed by atoms with Gasteiger partial charge in [0.15, 0.2) is 11.1 Å². The van der Waals surface area contributed by atoms with Gasteiger partial charge in [0.25, 0.3) is 0 Å². The molecule has 0 amide bonds. The zero-order chi connectivity index (χ0) is 42.7. The van der Waals surface area contributed by atoms with E-state index >= 15 is 0 Å². The van der Waals surface area contributed by atoms with Gasteiger partial charge in [-0.05, 0) is 83.2 Å². The normalized spacial score (nSPS) is 10.5. The van der Waals surface area contributed by atoms with Crippen molar-refractivity contribution in [3.05, 3.63) is 152 Å². The lowest BCUT2D eigenvalue weighted by Crippen LogP contribution is -2.29. The summed E-state index contributed by atoms with van der Waals surface area (Å²) in [6.45, 7) is -1.19. The van der Waals surface area contributed by atoms with Crippen LogP contribution in [0.15, 0.2) is 121 Å². The van der Waals surface area contributed by atoms with Crippen LogP contribution < -0.4 is 29.4 Å². The molecule has 0 bridgehead atoms. The van der Waals surface area contributed by atoms with Crippen LogP contribution in [0.5, 0.6) is 23.0 Å². The zero-order valence-corrected chi connectivity index (χ0v) is 34.6. The van der Waals surface area contributed by atoms with Crippen molar-refractivity contribution < 1.29 is 57.1 Å². The lowest BCUT2D eigenvalue weighted by Gasteiger charge is -2.12. The van der Waals surface area contributed by atoms with Crippen LogP contribution in [0.2, 0.25) is 20.1 Å². The molecule has 0 aliphatic heterocycles. The molecule has 0 saturated carbocycles. The minimum atomic E-state index is -1.03. The molecule has 0 aliphatic carbocycles. The van der Waals surface area contributed by atoms with Crippen molar-refractivity contribution in [2.75, 3.05) is 52.9 Å². The van der Waals surface area contributed by atoms with E-state index in [9.17, 15) is 19.2 Å². The van der Waals surface area contributed by atoms with E-state index in [4.69, 9.17) is 84.3 Å².